The molecule has 1 aromatic heterocycles. The van der Waals surface area contributed by atoms with E-state index in [2.05, 4.69) is 10.3 Å². The summed E-state index contributed by atoms with van der Waals surface area (Å²) >= 11 is 6.25. The lowest BCUT2D eigenvalue weighted by Gasteiger charge is -2.08. The van der Waals surface area contributed by atoms with Gasteiger partial charge in [-0.05, 0) is 25.1 Å². The second-order valence-electron chi connectivity index (χ2n) is 6.24. The Labute approximate surface area is 162 Å². The Morgan fingerprint density at radius 3 is 2.48 bits per heavy atom. The van der Waals surface area contributed by atoms with Gasteiger partial charge in [0.05, 0.1) is 16.9 Å². The van der Waals surface area contributed by atoms with Crippen LogP contribution in [0.1, 0.15) is 21.5 Å². The maximum absolute atomic E-state index is 13.0. The van der Waals surface area contributed by atoms with Crippen LogP contribution in [-0.4, -0.2) is 20.8 Å². The minimum absolute atomic E-state index is 0.0402. The number of halogens is 1. The number of hydrogen-bond acceptors (Lipinski definition) is 3. The van der Waals surface area contributed by atoms with Gasteiger partial charge in [0.25, 0.3) is 0 Å². The fraction of sp³-hybridized carbons (Fsp3) is 0.0455. The van der Waals surface area contributed by atoms with Gasteiger partial charge in [-0.3, -0.25) is 4.79 Å². The van der Waals surface area contributed by atoms with Gasteiger partial charge in [0.2, 0.25) is 0 Å². The first-order valence-electron chi connectivity index (χ1n) is 8.51. The van der Waals surface area contributed by atoms with Crippen LogP contribution in [0.3, 0.4) is 0 Å². The van der Waals surface area contributed by atoms with Crippen molar-refractivity contribution < 1.29 is 4.79 Å². The number of carbonyl (C=O) groups excluding carboxylic acids is 1. The summed E-state index contributed by atoms with van der Waals surface area (Å²) in [6, 6.07) is 22.4. The van der Waals surface area contributed by atoms with Gasteiger partial charge in [-0.1, -0.05) is 77.0 Å². The van der Waals surface area contributed by atoms with Crippen LogP contribution in [0.2, 0.25) is 5.02 Å². The number of carbonyl (C=O) groups is 1. The van der Waals surface area contributed by atoms with Crippen molar-refractivity contribution in [2.75, 3.05) is 0 Å². The van der Waals surface area contributed by atoms with E-state index in [0.29, 0.717) is 21.8 Å². The van der Waals surface area contributed by atoms with E-state index < -0.39 is 0 Å². The number of aromatic nitrogens is 3. The largest absolute Gasteiger partial charge is 0.289 e. The monoisotopic (exact) mass is 373 g/mol. The van der Waals surface area contributed by atoms with Gasteiger partial charge in [0.1, 0.15) is 5.69 Å². The van der Waals surface area contributed by atoms with Crippen LogP contribution in [0, 0.1) is 6.92 Å². The van der Waals surface area contributed by atoms with Gasteiger partial charge >= 0.3 is 0 Å². The summed E-state index contributed by atoms with van der Waals surface area (Å²) in [6.45, 7) is 1.96. The Balaban J connectivity index is 1.80. The lowest BCUT2D eigenvalue weighted by Crippen LogP contribution is -2.04. The Kier molecular flexibility index (Phi) is 4.57. The first-order chi connectivity index (χ1) is 13.1. The van der Waals surface area contributed by atoms with Crippen LogP contribution >= 0.6 is 11.6 Å². The maximum atomic E-state index is 13.0. The molecule has 0 radical (unpaired) electrons. The lowest BCUT2D eigenvalue weighted by atomic mass is 9.95. The Bertz CT molecular complexity index is 1120. The first-order valence-corrected chi connectivity index (χ1v) is 8.89. The van der Waals surface area contributed by atoms with Crippen molar-refractivity contribution in [2.45, 2.75) is 6.92 Å². The summed E-state index contributed by atoms with van der Waals surface area (Å²) in [6.07, 6.45) is 1.79. The third kappa shape index (κ3) is 3.39. The van der Waals surface area contributed by atoms with Crippen LogP contribution in [-0.2, 0) is 0 Å². The van der Waals surface area contributed by atoms with Crippen molar-refractivity contribution in [3.63, 3.8) is 0 Å². The summed E-state index contributed by atoms with van der Waals surface area (Å²) < 4.78 is 1.62. The molecule has 5 heteroatoms. The normalized spacial score (nSPS) is 10.7. The van der Waals surface area contributed by atoms with E-state index in [0.717, 1.165) is 16.8 Å². The zero-order chi connectivity index (χ0) is 18.8. The summed E-state index contributed by atoms with van der Waals surface area (Å²) in [5, 5.41) is 9.04. The van der Waals surface area contributed by atoms with Crippen LogP contribution < -0.4 is 0 Å². The SMILES string of the molecule is Cc1ccc(-c2cn(-c3ccccc3Cl)nn2)c(C(=O)c2ccccc2)c1. The van der Waals surface area contributed by atoms with Crippen molar-refractivity contribution in [3.05, 3.63) is 101 Å². The topological polar surface area (TPSA) is 47.8 Å². The molecule has 0 saturated heterocycles. The quantitative estimate of drug-likeness (QED) is 0.466. The predicted octanol–water partition coefficient (Wildman–Crippen LogP) is 5.13. The molecular weight excluding hydrogens is 358 g/mol. The molecule has 4 aromatic rings. The molecule has 1 heterocycles. The zero-order valence-electron chi connectivity index (χ0n) is 14.6. The van der Waals surface area contributed by atoms with E-state index in [4.69, 9.17) is 11.6 Å². The highest BCUT2D eigenvalue weighted by Gasteiger charge is 2.17. The zero-order valence-corrected chi connectivity index (χ0v) is 15.4. The molecule has 0 aliphatic heterocycles. The molecule has 4 rings (SSSR count). The van der Waals surface area contributed by atoms with E-state index in [1.165, 1.54) is 0 Å². The second-order valence-corrected chi connectivity index (χ2v) is 6.65. The number of aryl methyl sites for hydroxylation is 1. The standard InChI is InChI=1S/C22H16ClN3O/c1-15-11-12-17(18(13-15)22(27)16-7-3-2-4-8-16)20-14-26(25-24-20)21-10-6-5-9-19(21)23/h2-14H,1H3. The molecule has 4 nitrogen and oxygen atoms in total. The molecule has 0 atom stereocenters. The Morgan fingerprint density at radius 2 is 1.70 bits per heavy atom. The van der Waals surface area contributed by atoms with Gasteiger partial charge in [-0.25, -0.2) is 4.68 Å². The summed E-state index contributed by atoms with van der Waals surface area (Å²) in [5.41, 5.74) is 4.36. The van der Waals surface area contributed by atoms with Crippen molar-refractivity contribution in [3.8, 4) is 16.9 Å². The highest BCUT2D eigenvalue weighted by molar-refractivity contribution is 6.32. The number of rotatable bonds is 4. The molecule has 0 fully saturated rings. The van der Waals surface area contributed by atoms with E-state index in [1.807, 2.05) is 73.7 Å². The molecule has 0 saturated carbocycles. The molecule has 132 valence electrons. The summed E-state index contributed by atoms with van der Waals surface area (Å²) in [7, 11) is 0. The number of hydrogen-bond donors (Lipinski definition) is 0. The Hall–Kier alpha value is -3.24. The number of ketones is 1. The molecule has 0 spiro atoms. The first kappa shape index (κ1) is 17.2. The second kappa shape index (κ2) is 7.17. The third-order valence-corrected chi connectivity index (χ3v) is 4.64. The maximum Gasteiger partial charge on any atom is 0.193 e. The minimum atomic E-state index is -0.0402. The van der Waals surface area contributed by atoms with Crippen molar-refractivity contribution in [1.29, 1.82) is 0 Å². The van der Waals surface area contributed by atoms with E-state index in [1.54, 1.807) is 16.9 Å². The number of para-hydroxylation sites is 1. The van der Waals surface area contributed by atoms with Gasteiger partial charge < -0.3 is 0 Å². The highest BCUT2D eigenvalue weighted by atomic mass is 35.5. The summed E-state index contributed by atoms with van der Waals surface area (Å²) in [4.78, 5) is 13.0. The predicted molar refractivity (Wildman–Crippen MR) is 106 cm³/mol. The molecule has 0 N–H and O–H groups in total. The van der Waals surface area contributed by atoms with Gasteiger partial charge in [-0.15, -0.1) is 5.10 Å². The fourth-order valence-corrected chi connectivity index (χ4v) is 3.18. The van der Waals surface area contributed by atoms with Crippen LogP contribution in [0.4, 0.5) is 0 Å². The number of nitrogens with zero attached hydrogens (tertiary/aromatic N) is 3. The van der Waals surface area contributed by atoms with Gasteiger partial charge in [-0.2, -0.15) is 0 Å². The lowest BCUT2D eigenvalue weighted by molar-refractivity contribution is 0.103. The van der Waals surface area contributed by atoms with Crippen molar-refractivity contribution in [1.82, 2.24) is 15.0 Å². The number of benzene rings is 3. The molecule has 0 unspecified atom stereocenters. The smallest absolute Gasteiger partial charge is 0.193 e. The van der Waals surface area contributed by atoms with Gasteiger partial charge in [0.15, 0.2) is 5.78 Å². The molecule has 3 aromatic carbocycles. The Morgan fingerprint density at radius 1 is 0.963 bits per heavy atom. The minimum Gasteiger partial charge on any atom is -0.289 e. The highest BCUT2D eigenvalue weighted by Crippen LogP contribution is 2.27. The molecule has 0 aliphatic rings. The molecule has 27 heavy (non-hydrogen) atoms. The fourth-order valence-electron chi connectivity index (χ4n) is 2.96. The van der Waals surface area contributed by atoms with E-state index in [9.17, 15) is 4.79 Å². The molecule has 0 aliphatic carbocycles. The average Bonchev–Trinajstić information content (AvgIpc) is 3.18. The molecule has 0 amide bonds. The van der Waals surface area contributed by atoms with Crippen LogP contribution in [0.25, 0.3) is 16.9 Å². The molecular formula is C22H16ClN3O. The summed E-state index contributed by atoms with van der Waals surface area (Å²) in [5.74, 6) is -0.0402. The van der Waals surface area contributed by atoms with E-state index in [-0.39, 0.29) is 5.78 Å². The van der Waals surface area contributed by atoms with E-state index >= 15 is 0 Å². The van der Waals surface area contributed by atoms with Crippen LogP contribution in [0.5, 0.6) is 0 Å². The van der Waals surface area contributed by atoms with Crippen molar-refractivity contribution >= 4 is 17.4 Å². The molecule has 0 bridgehead atoms. The third-order valence-electron chi connectivity index (χ3n) is 4.32. The van der Waals surface area contributed by atoms with Crippen molar-refractivity contribution in [2.24, 2.45) is 0 Å². The van der Waals surface area contributed by atoms with Crippen LogP contribution in [0.15, 0.2) is 79.0 Å². The van der Waals surface area contributed by atoms with Gasteiger partial charge in [0, 0.05) is 16.7 Å². The average molecular weight is 374 g/mol.